The zero-order chi connectivity index (χ0) is 11.6. The van der Waals surface area contributed by atoms with E-state index in [9.17, 15) is 0 Å². The molecule has 1 N–H and O–H groups in total. The first-order valence-corrected chi connectivity index (χ1v) is 6.61. The van der Waals surface area contributed by atoms with Gasteiger partial charge in [-0.1, -0.05) is 6.42 Å². The zero-order valence-corrected chi connectivity index (χ0v) is 11.0. The van der Waals surface area contributed by atoms with E-state index < -0.39 is 0 Å². The topological polar surface area (TPSA) is 24.5 Å². The van der Waals surface area contributed by atoms with E-state index in [2.05, 4.69) is 31.0 Å². The molecule has 0 radical (unpaired) electrons. The van der Waals surface area contributed by atoms with Crippen LogP contribution in [0.4, 0.5) is 0 Å². The summed E-state index contributed by atoms with van der Waals surface area (Å²) >= 11 is 0. The summed E-state index contributed by atoms with van der Waals surface area (Å²) in [4.78, 5) is 2.56. The first kappa shape index (κ1) is 12.3. The molecule has 16 heavy (non-hydrogen) atoms. The summed E-state index contributed by atoms with van der Waals surface area (Å²) in [5, 5.41) is 3.69. The monoisotopic (exact) mass is 226 g/mol. The number of rotatable bonds is 2. The Morgan fingerprint density at radius 1 is 1.25 bits per heavy atom. The van der Waals surface area contributed by atoms with Gasteiger partial charge in [-0.2, -0.15) is 0 Å². The molecule has 2 aliphatic heterocycles. The zero-order valence-electron chi connectivity index (χ0n) is 11.0. The molecule has 0 aromatic rings. The van der Waals surface area contributed by atoms with E-state index >= 15 is 0 Å². The molecule has 0 aliphatic carbocycles. The van der Waals surface area contributed by atoms with E-state index in [-0.39, 0.29) is 5.60 Å². The molecule has 1 unspecified atom stereocenters. The lowest BCUT2D eigenvalue weighted by Gasteiger charge is -2.44. The van der Waals surface area contributed by atoms with Crippen LogP contribution < -0.4 is 5.32 Å². The van der Waals surface area contributed by atoms with Gasteiger partial charge in [0, 0.05) is 25.2 Å². The van der Waals surface area contributed by atoms with Gasteiger partial charge in [0.25, 0.3) is 0 Å². The second kappa shape index (κ2) is 4.63. The van der Waals surface area contributed by atoms with Crippen molar-refractivity contribution >= 4 is 0 Å². The van der Waals surface area contributed by atoms with Gasteiger partial charge in [-0.15, -0.1) is 0 Å². The first-order valence-electron chi connectivity index (χ1n) is 6.61. The predicted octanol–water partition coefficient (Wildman–Crippen LogP) is 1.63. The standard InChI is InChI=1S/C13H26N2O/c1-12(2)10-15(8-9-16-12)11-13(3)6-4-5-7-14-13/h14H,4-11H2,1-3H3. The van der Waals surface area contributed by atoms with Crippen LogP contribution in [0.15, 0.2) is 0 Å². The molecule has 0 bridgehead atoms. The van der Waals surface area contributed by atoms with Crippen LogP contribution in [0.2, 0.25) is 0 Å². The molecule has 0 amide bonds. The number of nitrogens with one attached hydrogen (secondary N) is 1. The minimum absolute atomic E-state index is 0.0310. The summed E-state index contributed by atoms with van der Waals surface area (Å²) in [7, 11) is 0. The summed E-state index contributed by atoms with van der Waals surface area (Å²) in [5.74, 6) is 0. The Balaban J connectivity index is 1.88. The molecule has 0 saturated carbocycles. The average Bonchev–Trinajstić information content (AvgIpc) is 2.16. The Hall–Kier alpha value is -0.120. The van der Waals surface area contributed by atoms with Gasteiger partial charge in [-0.05, 0) is 40.2 Å². The molecule has 0 spiro atoms. The lowest BCUT2D eigenvalue weighted by atomic mass is 9.90. The van der Waals surface area contributed by atoms with Crippen molar-refractivity contribution in [1.29, 1.82) is 0 Å². The van der Waals surface area contributed by atoms with Crippen LogP contribution in [0.5, 0.6) is 0 Å². The minimum atomic E-state index is 0.0310. The van der Waals surface area contributed by atoms with Crippen molar-refractivity contribution < 1.29 is 4.74 Å². The van der Waals surface area contributed by atoms with Gasteiger partial charge in [0.15, 0.2) is 0 Å². The maximum Gasteiger partial charge on any atom is 0.0753 e. The number of ether oxygens (including phenoxy) is 1. The van der Waals surface area contributed by atoms with Crippen LogP contribution in [-0.4, -0.2) is 48.8 Å². The summed E-state index contributed by atoms with van der Waals surface area (Å²) in [6.45, 7) is 12.1. The van der Waals surface area contributed by atoms with E-state index in [0.717, 1.165) is 19.7 Å². The van der Waals surface area contributed by atoms with Crippen LogP contribution in [0, 0.1) is 0 Å². The lowest BCUT2D eigenvalue weighted by Crippen LogP contribution is -2.58. The number of piperidine rings is 1. The van der Waals surface area contributed by atoms with Gasteiger partial charge in [0.05, 0.1) is 12.2 Å². The second-order valence-electron chi connectivity index (χ2n) is 6.26. The SMILES string of the molecule is CC1(CN2CCOC(C)(C)C2)CCCCN1. The highest BCUT2D eigenvalue weighted by atomic mass is 16.5. The van der Waals surface area contributed by atoms with Crippen molar-refractivity contribution in [3.8, 4) is 0 Å². The number of hydrogen-bond acceptors (Lipinski definition) is 3. The highest BCUT2D eigenvalue weighted by Crippen LogP contribution is 2.23. The molecule has 2 heterocycles. The third kappa shape index (κ3) is 3.19. The minimum Gasteiger partial charge on any atom is -0.373 e. The Labute approximate surface area is 99.5 Å². The second-order valence-corrected chi connectivity index (χ2v) is 6.26. The van der Waals surface area contributed by atoms with Crippen molar-refractivity contribution in [2.24, 2.45) is 0 Å². The van der Waals surface area contributed by atoms with Gasteiger partial charge in [-0.3, -0.25) is 4.90 Å². The fourth-order valence-electron chi connectivity index (χ4n) is 3.00. The highest BCUT2D eigenvalue weighted by Gasteiger charge is 2.33. The summed E-state index contributed by atoms with van der Waals surface area (Å²) in [6.07, 6.45) is 4.02. The Morgan fingerprint density at radius 3 is 2.69 bits per heavy atom. The normalized spacial score (nSPS) is 36.2. The molecular formula is C13H26N2O. The Bertz CT molecular complexity index is 234. The molecule has 2 fully saturated rings. The molecular weight excluding hydrogens is 200 g/mol. The van der Waals surface area contributed by atoms with E-state index in [1.807, 2.05) is 0 Å². The third-order valence-electron chi connectivity index (χ3n) is 3.78. The maximum absolute atomic E-state index is 5.76. The van der Waals surface area contributed by atoms with Crippen LogP contribution in [0.1, 0.15) is 40.0 Å². The van der Waals surface area contributed by atoms with Gasteiger partial charge in [0.1, 0.15) is 0 Å². The van der Waals surface area contributed by atoms with Gasteiger partial charge < -0.3 is 10.1 Å². The van der Waals surface area contributed by atoms with Crippen LogP contribution >= 0.6 is 0 Å². The fourth-order valence-corrected chi connectivity index (χ4v) is 3.00. The number of nitrogens with zero attached hydrogens (tertiary/aromatic N) is 1. The van der Waals surface area contributed by atoms with Gasteiger partial charge >= 0.3 is 0 Å². The van der Waals surface area contributed by atoms with E-state index in [0.29, 0.717) is 5.54 Å². The average molecular weight is 226 g/mol. The van der Waals surface area contributed by atoms with Crippen LogP contribution in [0.25, 0.3) is 0 Å². The quantitative estimate of drug-likeness (QED) is 0.774. The molecule has 3 nitrogen and oxygen atoms in total. The van der Waals surface area contributed by atoms with Gasteiger partial charge in [-0.25, -0.2) is 0 Å². The van der Waals surface area contributed by atoms with E-state index in [4.69, 9.17) is 4.74 Å². The van der Waals surface area contributed by atoms with Crippen molar-refractivity contribution in [2.45, 2.75) is 51.2 Å². The molecule has 3 heteroatoms. The fraction of sp³-hybridized carbons (Fsp3) is 1.00. The molecule has 2 rings (SSSR count). The number of morpholine rings is 1. The Morgan fingerprint density at radius 2 is 2.06 bits per heavy atom. The van der Waals surface area contributed by atoms with E-state index in [1.54, 1.807) is 0 Å². The molecule has 1 atom stereocenters. The summed E-state index contributed by atoms with van der Waals surface area (Å²) in [6, 6.07) is 0. The molecule has 2 aliphatic rings. The van der Waals surface area contributed by atoms with Crippen LogP contribution in [0.3, 0.4) is 0 Å². The molecule has 94 valence electrons. The smallest absolute Gasteiger partial charge is 0.0753 e. The van der Waals surface area contributed by atoms with Crippen molar-refractivity contribution in [3.63, 3.8) is 0 Å². The molecule has 0 aromatic heterocycles. The van der Waals surface area contributed by atoms with Crippen molar-refractivity contribution in [3.05, 3.63) is 0 Å². The number of hydrogen-bond donors (Lipinski definition) is 1. The molecule has 0 aromatic carbocycles. The highest BCUT2D eigenvalue weighted by molar-refractivity contribution is 4.91. The third-order valence-corrected chi connectivity index (χ3v) is 3.78. The van der Waals surface area contributed by atoms with Crippen molar-refractivity contribution in [2.75, 3.05) is 32.8 Å². The van der Waals surface area contributed by atoms with Crippen molar-refractivity contribution in [1.82, 2.24) is 10.2 Å². The first-order chi connectivity index (χ1) is 7.49. The van der Waals surface area contributed by atoms with Gasteiger partial charge in [0.2, 0.25) is 0 Å². The van der Waals surface area contributed by atoms with E-state index in [1.165, 1.54) is 32.4 Å². The Kier molecular flexibility index (Phi) is 3.57. The molecule has 2 saturated heterocycles. The summed E-state index contributed by atoms with van der Waals surface area (Å²) < 4.78 is 5.76. The predicted molar refractivity (Wildman–Crippen MR) is 66.7 cm³/mol. The maximum atomic E-state index is 5.76. The largest absolute Gasteiger partial charge is 0.373 e. The lowest BCUT2D eigenvalue weighted by molar-refractivity contribution is -0.0915. The van der Waals surface area contributed by atoms with Crippen LogP contribution in [-0.2, 0) is 4.74 Å². The summed E-state index contributed by atoms with van der Waals surface area (Å²) in [5.41, 5.74) is 0.356.